The van der Waals surface area contributed by atoms with E-state index in [-0.39, 0.29) is 5.97 Å². The molecule has 0 aliphatic heterocycles. The van der Waals surface area contributed by atoms with Gasteiger partial charge in [0.2, 0.25) is 0 Å². The van der Waals surface area contributed by atoms with Crippen LogP contribution >= 0.6 is 0 Å². The summed E-state index contributed by atoms with van der Waals surface area (Å²) in [7, 11) is 6.18. The van der Waals surface area contributed by atoms with Crippen LogP contribution in [0.3, 0.4) is 0 Å². The van der Waals surface area contributed by atoms with Crippen molar-refractivity contribution in [3.8, 4) is 0 Å². The third kappa shape index (κ3) is 17.4. The number of nitrogens with two attached hydrogens (primary N) is 1. The first kappa shape index (κ1) is 18.2. The standard InChI is InChI=1S/C7H16NO2.C3H7NO3/c1-7(9)10-6-5-8(2,3)4;4-2(1-5)3(6)7/h5-6H2,1-4H3;2,5H,1,4H2,(H,6,7)/q+1;. The Morgan fingerprint density at radius 1 is 1.35 bits per heavy atom. The molecule has 0 radical (unpaired) electrons. The quantitative estimate of drug-likeness (QED) is 0.411. The second kappa shape index (κ2) is 8.91. The van der Waals surface area contributed by atoms with Gasteiger partial charge in [-0.05, 0) is 0 Å². The van der Waals surface area contributed by atoms with Crippen molar-refractivity contribution in [1.82, 2.24) is 0 Å². The van der Waals surface area contributed by atoms with Gasteiger partial charge in [0, 0.05) is 6.92 Å². The summed E-state index contributed by atoms with van der Waals surface area (Å²) in [6.07, 6.45) is 0. The van der Waals surface area contributed by atoms with Crippen LogP contribution in [0, 0.1) is 0 Å². The van der Waals surface area contributed by atoms with Crippen molar-refractivity contribution in [2.24, 2.45) is 5.73 Å². The van der Waals surface area contributed by atoms with E-state index in [1.165, 1.54) is 6.92 Å². The minimum atomic E-state index is -1.18. The fourth-order valence-corrected chi connectivity index (χ4v) is 0.541. The Balaban J connectivity index is 0. The van der Waals surface area contributed by atoms with Crippen LogP contribution in [0.2, 0.25) is 0 Å². The number of hydrogen-bond donors (Lipinski definition) is 3. The molecule has 7 heteroatoms. The average Bonchev–Trinajstić information content (AvgIpc) is 2.14. The Morgan fingerprint density at radius 3 is 2.00 bits per heavy atom. The molecule has 0 spiro atoms. The highest BCUT2D eigenvalue weighted by Crippen LogP contribution is 1.89. The summed E-state index contributed by atoms with van der Waals surface area (Å²) in [5, 5.41) is 15.9. The number of aliphatic hydroxyl groups is 1. The summed E-state index contributed by atoms with van der Waals surface area (Å²) < 4.78 is 5.59. The Kier molecular flexibility index (Phi) is 9.54. The predicted octanol–water partition coefficient (Wildman–Crippen LogP) is -1.35. The van der Waals surface area contributed by atoms with E-state index in [2.05, 4.69) is 21.1 Å². The van der Waals surface area contributed by atoms with E-state index >= 15 is 0 Å². The minimum absolute atomic E-state index is 0.201. The number of carbonyl (C=O) groups is 2. The molecule has 102 valence electrons. The second-order valence-corrected chi connectivity index (χ2v) is 4.48. The zero-order chi connectivity index (χ0) is 14.1. The smallest absolute Gasteiger partial charge is 0.322 e. The molecule has 0 aromatic carbocycles. The first-order valence-corrected chi connectivity index (χ1v) is 5.13. The molecule has 0 aromatic heterocycles. The number of nitrogens with zero attached hydrogens (tertiary/aromatic N) is 1. The van der Waals surface area contributed by atoms with Crippen LogP contribution in [-0.4, -0.2) is 73.6 Å². The number of aliphatic hydroxyl groups excluding tert-OH is 1. The molecule has 0 aliphatic carbocycles. The van der Waals surface area contributed by atoms with E-state index in [9.17, 15) is 9.59 Å². The lowest BCUT2D eigenvalue weighted by molar-refractivity contribution is -0.870. The van der Waals surface area contributed by atoms with Crippen LogP contribution in [0.4, 0.5) is 0 Å². The first-order chi connectivity index (χ1) is 7.60. The fraction of sp³-hybridized carbons (Fsp3) is 0.800. The van der Waals surface area contributed by atoms with Crippen molar-refractivity contribution >= 4 is 11.9 Å². The Labute approximate surface area is 101 Å². The number of aliphatic carboxylic acids is 1. The first-order valence-electron chi connectivity index (χ1n) is 5.13. The van der Waals surface area contributed by atoms with Gasteiger partial charge in [0.05, 0.1) is 27.7 Å². The van der Waals surface area contributed by atoms with Gasteiger partial charge in [0.15, 0.2) is 0 Å². The molecule has 0 saturated heterocycles. The van der Waals surface area contributed by atoms with Gasteiger partial charge in [-0.3, -0.25) is 9.59 Å². The Hall–Kier alpha value is -1.18. The summed E-state index contributed by atoms with van der Waals surface area (Å²) in [5.41, 5.74) is 4.77. The van der Waals surface area contributed by atoms with E-state index in [4.69, 9.17) is 20.7 Å². The minimum Gasteiger partial charge on any atom is -0.480 e. The largest absolute Gasteiger partial charge is 0.480 e. The van der Waals surface area contributed by atoms with Crippen LogP contribution in [-0.2, 0) is 14.3 Å². The normalized spacial score (nSPS) is 12.1. The van der Waals surface area contributed by atoms with Gasteiger partial charge in [-0.15, -0.1) is 0 Å². The fourth-order valence-electron chi connectivity index (χ4n) is 0.541. The van der Waals surface area contributed by atoms with Crippen molar-refractivity contribution in [2.45, 2.75) is 13.0 Å². The second-order valence-electron chi connectivity index (χ2n) is 4.48. The summed E-state index contributed by atoms with van der Waals surface area (Å²) in [6.45, 7) is 2.30. The highest BCUT2D eigenvalue weighted by atomic mass is 16.5. The van der Waals surface area contributed by atoms with Gasteiger partial charge >= 0.3 is 11.9 Å². The maximum atomic E-state index is 10.3. The van der Waals surface area contributed by atoms with Crippen LogP contribution in [0.1, 0.15) is 6.92 Å². The SMILES string of the molecule is CC(=O)OCC[N+](C)(C)C.NC(CO)C(=O)O. The Bertz CT molecular complexity index is 237. The summed E-state index contributed by atoms with van der Waals surface area (Å²) in [4.78, 5) is 19.9. The van der Waals surface area contributed by atoms with E-state index in [1.807, 2.05) is 0 Å². The number of likely N-dealkylation sites (N-methyl/N-ethyl adjacent to an activating group) is 1. The molecule has 0 aliphatic rings. The maximum Gasteiger partial charge on any atom is 0.322 e. The molecule has 1 atom stereocenters. The predicted molar refractivity (Wildman–Crippen MR) is 62.2 cm³/mol. The zero-order valence-corrected chi connectivity index (χ0v) is 10.8. The van der Waals surface area contributed by atoms with Gasteiger partial charge in [0.25, 0.3) is 0 Å². The van der Waals surface area contributed by atoms with Gasteiger partial charge in [-0.2, -0.15) is 0 Å². The van der Waals surface area contributed by atoms with E-state index in [0.717, 1.165) is 11.0 Å². The lowest BCUT2D eigenvalue weighted by Gasteiger charge is -2.23. The van der Waals surface area contributed by atoms with Gasteiger partial charge in [-0.25, -0.2) is 0 Å². The van der Waals surface area contributed by atoms with Crippen molar-refractivity contribution in [3.63, 3.8) is 0 Å². The molecule has 1 unspecified atom stereocenters. The molecular weight excluding hydrogens is 228 g/mol. The topological polar surface area (TPSA) is 110 Å². The van der Waals surface area contributed by atoms with E-state index < -0.39 is 18.6 Å². The van der Waals surface area contributed by atoms with Gasteiger partial charge in [-0.1, -0.05) is 0 Å². The third-order valence-electron chi connectivity index (χ3n) is 1.58. The number of ether oxygens (including phenoxy) is 1. The number of carbonyl (C=O) groups excluding carboxylic acids is 1. The molecular formula is C10H23N2O5+. The molecule has 7 nitrogen and oxygen atoms in total. The number of carboxylic acids is 1. The number of rotatable bonds is 5. The monoisotopic (exact) mass is 251 g/mol. The van der Waals surface area contributed by atoms with Crippen molar-refractivity contribution < 1.29 is 29.0 Å². The molecule has 0 amide bonds. The molecule has 0 bridgehead atoms. The number of esters is 1. The average molecular weight is 251 g/mol. The molecule has 0 aromatic rings. The maximum absolute atomic E-state index is 10.3. The summed E-state index contributed by atoms with van der Waals surface area (Å²) >= 11 is 0. The summed E-state index contributed by atoms with van der Waals surface area (Å²) in [5.74, 6) is -1.38. The number of carboxylic acid groups (broad SMARTS) is 1. The van der Waals surface area contributed by atoms with Gasteiger partial charge < -0.3 is 25.2 Å². The van der Waals surface area contributed by atoms with Crippen LogP contribution in [0.15, 0.2) is 0 Å². The molecule has 0 rings (SSSR count). The Morgan fingerprint density at radius 2 is 1.82 bits per heavy atom. The number of quaternary nitrogens is 1. The van der Waals surface area contributed by atoms with Crippen molar-refractivity contribution in [3.05, 3.63) is 0 Å². The molecule has 0 saturated carbocycles. The van der Waals surface area contributed by atoms with Crippen LogP contribution in [0.5, 0.6) is 0 Å². The van der Waals surface area contributed by atoms with Crippen LogP contribution in [0.25, 0.3) is 0 Å². The van der Waals surface area contributed by atoms with E-state index in [1.54, 1.807) is 0 Å². The molecule has 0 heterocycles. The highest BCUT2D eigenvalue weighted by molar-refractivity contribution is 5.73. The third-order valence-corrected chi connectivity index (χ3v) is 1.58. The van der Waals surface area contributed by atoms with Crippen molar-refractivity contribution in [1.29, 1.82) is 0 Å². The lowest BCUT2D eigenvalue weighted by atomic mass is 10.3. The molecule has 17 heavy (non-hydrogen) atoms. The van der Waals surface area contributed by atoms with Crippen LogP contribution < -0.4 is 5.73 Å². The molecule has 0 fully saturated rings. The van der Waals surface area contributed by atoms with Gasteiger partial charge in [0.1, 0.15) is 19.2 Å². The number of hydrogen-bond acceptors (Lipinski definition) is 5. The highest BCUT2D eigenvalue weighted by Gasteiger charge is 2.07. The lowest BCUT2D eigenvalue weighted by Crippen LogP contribution is -2.37. The summed E-state index contributed by atoms with van der Waals surface area (Å²) in [6, 6.07) is -1.13. The molecule has 4 N–H and O–H groups in total. The van der Waals surface area contributed by atoms with E-state index in [0.29, 0.717) is 6.61 Å². The van der Waals surface area contributed by atoms with Crippen molar-refractivity contribution in [2.75, 3.05) is 40.9 Å². The zero-order valence-electron chi connectivity index (χ0n) is 10.8.